The van der Waals surface area contributed by atoms with Crippen LogP contribution < -0.4 is 0 Å². The maximum Gasteiger partial charge on any atom is 0.212 e. The van der Waals surface area contributed by atoms with E-state index in [1.165, 1.54) is 0 Å². The van der Waals surface area contributed by atoms with Crippen LogP contribution in [0.5, 0.6) is 0 Å². The fourth-order valence-corrected chi connectivity index (χ4v) is 2.30. The summed E-state index contributed by atoms with van der Waals surface area (Å²) in [6.07, 6.45) is 3.06. The topological polar surface area (TPSA) is 47.4 Å². The lowest BCUT2D eigenvalue weighted by atomic mass is 10.1. The van der Waals surface area contributed by atoms with Crippen LogP contribution in [0.4, 0.5) is 0 Å². The van der Waals surface area contributed by atoms with Crippen molar-refractivity contribution in [2.24, 2.45) is 0 Å². The Hall–Kier alpha value is -1.94. The van der Waals surface area contributed by atoms with Gasteiger partial charge in [-0.2, -0.15) is 0 Å². The number of rotatable bonds is 4. The third-order valence-electron chi connectivity index (χ3n) is 3.59. The van der Waals surface area contributed by atoms with Crippen LogP contribution in [0, 0.1) is 0 Å². The number of epoxide rings is 1. The molecule has 2 aromatic rings. The molecule has 3 atom stereocenters. The van der Waals surface area contributed by atoms with Crippen LogP contribution in [0.25, 0.3) is 0 Å². The average molecular weight is 256 g/mol. The number of nitrogens with zero attached hydrogens (tertiary/aromatic N) is 2. The Morgan fingerprint density at radius 3 is 2.68 bits per heavy atom. The van der Waals surface area contributed by atoms with Crippen LogP contribution in [0.3, 0.4) is 0 Å². The van der Waals surface area contributed by atoms with Gasteiger partial charge in [-0.1, -0.05) is 30.3 Å². The standard InChI is InChI=1S/C15H16N2O2/c1-10(12-6-4-3-5-7-12)17-9-16-8-13(17)14(18)15-11(2)19-15/h3-11,15H,1-2H3/t10-,11?,15+/m1/s1. The molecule has 1 aromatic carbocycles. The summed E-state index contributed by atoms with van der Waals surface area (Å²) in [5.41, 5.74) is 1.77. The molecule has 1 aliphatic heterocycles. The molecule has 0 N–H and O–H groups in total. The Morgan fingerprint density at radius 1 is 1.37 bits per heavy atom. The molecule has 0 radical (unpaired) electrons. The molecule has 0 spiro atoms. The summed E-state index contributed by atoms with van der Waals surface area (Å²) >= 11 is 0. The molecule has 1 unspecified atom stereocenters. The molecule has 4 nitrogen and oxygen atoms in total. The summed E-state index contributed by atoms with van der Waals surface area (Å²) in [5.74, 6) is 0.0211. The van der Waals surface area contributed by atoms with Gasteiger partial charge in [-0.05, 0) is 19.4 Å². The molecule has 0 bridgehead atoms. The molecule has 19 heavy (non-hydrogen) atoms. The van der Waals surface area contributed by atoms with E-state index in [0.717, 1.165) is 5.56 Å². The minimum absolute atomic E-state index is 0.0211. The number of ketones is 1. The van der Waals surface area contributed by atoms with Gasteiger partial charge >= 0.3 is 0 Å². The number of aromatic nitrogens is 2. The summed E-state index contributed by atoms with van der Waals surface area (Å²) < 4.78 is 7.16. The number of ether oxygens (including phenoxy) is 1. The first kappa shape index (κ1) is 12.1. The van der Waals surface area contributed by atoms with E-state index in [1.54, 1.807) is 12.5 Å². The van der Waals surface area contributed by atoms with E-state index >= 15 is 0 Å². The SMILES string of the molecule is CC1O[C@@H]1C(=O)c1cncn1[C@H](C)c1ccccc1. The number of carbonyl (C=O) groups excluding carboxylic acids is 1. The monoisotopic (exact) mass is 256 g/mol. The second-order valence-corrected chi connectivity index (χ2v) is 4.90. The molecule has 98 valence electrons. The average Bonchev–Trinajstić information content (AvgIpc) is 2.98. The van der Waals surface area contributed by atoms with Gasteiger partial charge in [0.05, 0.1) is 24.7 Å². The predicted molar refractivity (Wildman–Crippen MR) is 71.1 cm³/mol. The quantitative estimate of drug-likeness (QED) is 0.623. The van der Waals surface area contributed by atoms with Crippen LogP contribution >= 0.6 is 0 Å². The van der Waals surface area contributed by atoms with Crippen molar-refractivity contribution in [3.05, 3.63) is 54.1 Å². The van der Waals surface area contributed by atoms with E-state index < -0.39 is 0 Å². The number of benzene rings is 1. The number of imidazole rings is 1. The van der Waals surface area contributed by atoms with Crippen LogP contribution in [-0.2, 0) is 4.74 Å². The first-order chi connectivity index (χ1) is 9.18. The lowest BCUT2D eigenvalue weighted by Gasteiger charge is -2.16. The normalized spacial score (nSPS) is 23.1. The molecule has 0 saturated carbocycles. The van der Waals surface area contributed by atoms with Crippen molar-refractivity contribution in [1.29, 1.82) is 0 Å². The molecule has 1 saturated heterocycles. The Morgan fingerprint density at radius 2 is 2.05 bits per heavy atom. The highest BCUT2D eigenvalue weighted by Crippen LogP contribution is 2.27. The molecule has 1 aliphatic rings. The zero-order valence-corrected chi connectivity index (χ0v) is 11.0. The summed E-state index contributed by atoms with van der Waals surface area (Å²) in [5, 5.41) is 0. The van der Waals surface area contributed by atoms with E-state index in [-0.39, 0.29) is 24.0 Å². The summed E-state index contributed by atoms with van der Waals surface area (Å²) in [7, 11) is 0. The van der Waals surface area contributed by atoms with E-state index in [0.29, 0.717) is 5.69 Å². The lowest BCUT2D eigenvalue weighted by molar-refractivity contribution is 0.0943. The van der Waals surface area contributed by atoms with Crippen LogP contribution in [0.1, 0.15) is 35.9 Å². The number of Topliss-reactive ketones (excluding diaryl/α,β-unsaturated/α-hetero) is 1. The van der Waals surface area contributed by atoms with Gasteiger partial charge in [-0.3, -0.25) is 4.79 Å². The molecular formula is C15H16N2O2. The molecule has 3 rings (SSSR count). The minimum Gasteiger partial charge on any atom is -0.361 e. The van der Waals surface area contributed by atoms with Crippen LogP contribution in [0.2, 0.25) is 0 Å². The smallest absolute Gasteiger partial charge is 0.212 e. The summed E-state index contributed by atoms with van der Waals surface area (Å²) in [4.78, 5) is 16.4. The molecule has 1 fully saturated rings. The van der Waals surface area contributed by atoms with Crippen molar-refractivity contribution in [3.8, 4) is 0 Å². The van der Waals surface area contributed by atoms with Crippen molar-refractivity contribution < 1.29 is 9.53 Å². The maximum atomic E-state index is 12.2. The third-order valence-corrected chi connectivity index (χ3v) is 3.59. The largest absolute Gasteiger partial charge is 0.361 e. The fraction of sp³-hybridized carbons (Fsp3) is 0.333. The van der Waals surface area contributed by atoms with Gasteiger partial charge in [-0.25, -0.2) is 4.98 Å². The van der Waals surface area contributed by atoms with Gasteiger partial charge in [0.25, 0.3) is 0 Å². The highest BCUT2D eigenvalue weighted by atomic mass is 16.6. The van der Waals surface area contributed by atoms with Gasteiger partial charge in [0.1, 0.15) is 11.8 Å². The predicted octanol–water partition coefficient (Wildman–Crippen LogP) is 2.46. The van der Waals surface area contributed by atoms with E-state index in [2.05, 4.69) is 24.0 Å². The highest BCUT2D eigenvalue weighted by molar-refractivity contribution is 5.99. The maximum absolute atomic E-state index is 12.2. The van der Waals surface area contributed by atoms with Crippen molar-refractivity contribution >= 4 is 5.78 Å². The second kappa shape index (κ2) is 4.63. The van der Waals surface area contributed by atoms with Crippen molar-refractivity contribution in [2.75, 3.05) is 0 Å². The van der Waals surface area contributed by atoms with Gasteiger partial charge in [0.15, 0.2) is 0 Å². The van der Waals surface area contributed by atoms with Crippen molar-refractivity contribution in [2.45, 2.75) is 32.1 Å². The van der Waals surface area contributed by atoms with Crippen molar-refractivity contribution in [3.63, 3.8) is 0 Å². The fourth-order valence-electron chi connectivity index (χ4n) is 2.30. The summed E-state index contributed by atoms with van der Waals surface area (Å²) in [6, 6.07) is 10.2. The van der Waals surface area contributed by atoms with Gasteiger partial charge in [0, 0.05) is 0 Å². The second-order valence-electron chi connectivity index (χ2n) is 4.90. The Bertz CT molecular complexity index is 591. The number of hydrogen-bond donors (Lipinski definition) is 0. The number of hydrogen-bond acceptors (Lipinski definition) is 3. The van der Waals surface area contributed by atoms with Gasteiger partial charge < -0.3 is 9.30 Å². The molecule has 0 aliphatic carbocycles. The third kappa shape index (κ3) is 2.19. The zero-order valence-electron chi connectivity index (χ0n) is 11.0. The molecule has 1 aromatic heterocycles. The Balaban J connectivity index is 1.90. The van der Waals surface area contributed by atoms with Crippen LogP contribution in [0.15, 0.2) is 42.9 Å². The molecular weight excluding hydrogens is 240 g/mol. The van der Waals surface area contributed by atoms with E-state index in [4.69, 9.17) is 4.74 Å². The van der Waals surface area contributed by atoms with Gasteiger partial charge in [0.2, 0.25) is 5.78 Å². The Labute approximate surface area is 112 Å². The minimum atomic E-state index is -0.293. The van der Waals surface area contributed by atoms with Crippen molar-refractivity contribution in [1.82, 2.24) is 9.55 Å². The zero-order chi connectivity index (χ0) is 13.4. The molecule has 4 heteroatoms. The lowest BCUT2D eigenvalue weighted by Crippen LogP contribution is -2.17. The van der Waals surface area contributed by atoms with E-state index in [9.17, 15) is 4.79 Å². The summed E-state index contributed by atoms with van der Waals surface area (Å²) in [6.45, 7) is 3.97. The van der Waals surface area contributed by atoms with Gasteiger partial charge in [-0.15, -0.1) is 0 Å². The molecule has 0 amide bonds. The van der Waals surface area contributed by atoms with Crippen LogP contribution in [-0.4, -0.2) is 27.5 Å². The Kier molecular flexibility index (Phi) is 2.95. The molecule has 2 heterocycles. The first-order valence-electron chi connectivity index (χ1n) is 6.45. The van der Waals surface area contributed by atoms with E-state index in [1.807, 2.05) is 29.7 Å². The highest BCUT2D eigenvalue weighted by Gasteiger charge is 2.42. The number of carbonyl (C=O) groups is 1. The first-order valence-corrected chi connectivity index (χ1v) is 6.45.